The molecule has 6 nitrogen and oxygen atoms in total. The summed E-state index contributed by atoms with van der Waals surface area (Å²) in [5.74, 6) is -2.67. The van der Waals surface area contributed by atoms with Crippen LogP contribution in [0.15, 0.2) is 0 Å². The molecule has 2 N–H and O–H groups in total. The first kappa shape index (κ1) is 19.9. The van der Waals surface area contributed by atoms with Crippen molar-refractivity contribution >= 4 is 11.9 Å². The Balaban J connectivity index is 0.000000242. The molecular weight excluding hydrogens is 300 g/mol. The van der Waals surface area contributed by atoms with E-state index >= 15 is 0 Å². The summed E-state index contributed by atoms with van der Waals surface area (Å²) < 4.78 is 0. The molecule has 0 amide bonds. The monoisotopic (exact) mass is 330 g/mol. The van der Waals surface area contributed by atoms with Gasteiger partial charge in [0.05, 0.1) is 18.9 Å². The summed E-state index contributed by atoms with van der Waals surface area (Å²) in [6.45, 7) is 0. The number of aliphatic carboxylic acids is 1. The molecule has 0 aromatic heterocycles. The molecule has 3 aliphatic carbocycles. The topological polar surface area (TPSA) is 93.1 Å². The van der Waals surface area contributed by atoms with Crippen molar-refractivity contribution in [3.63, 3.8) is 0 Å². The summed E-state index contributed by atoms with van der Waals surface area (Å²) in [4.78, 5) is 30.7. The normalized spacial score (nSPS) is 27.1. The molecule has 0 aliphatic heterocycles. The Hall–Kier alpha value is -1.14. The van der Waals surface area contributed by atoms with Gasteiger partial charge in [-0.15, -0.1) is 0 Å². The van der Waals surface area contributed by atoms with E-state index in [0.29, 0.717) is 12.8 Å². The number of aliphatic hydroxyl groups excluding tert-OH is 1. The van der Waals surface area contributed by atoms with Crippen LogP contribution in [-0.4, -0.2) is 36.4 Å². The van der Waals surface area contributed by atoms with Gasteiger partial charge in [0.1, 0.15) is 0 Å². The van der Waals surface area contributed by atoms with Gasteiger partial charge in [0.15, 0.2) is 0 Å². The van der Waals surface area contributed by atoms with Crippen LogP contribution in [0.4, 0.5) is 0 Å². The van der Waals surface area contributed by atoms with Gasteiger partial charge in [-0.25, -0.2) is 4.79 Å². The second-order valence-corrected chi connectivity index (χ2v) is 6.61. The summed E-state index contributed by atoms with van der Waals surface area (Å²) in [5, 5.41) is 15.9. The average molecular weight is 330 g/mol. The van der Waals surface area contributed by atoms with Gasteiger partial charge in [0, 0.05) is 7.11 Å². The van der Waals surface area contributed by atoms with E-state index in [1.807, 2.05) is 0 Å². The van der Waals surface area contributed by atoms with Gasteiger partial charge in [0.25, 0.3) is 0 Å². The molecule has 0 unspecified atom stereocenters. The fourth-order valence-electron chi connectivity index (χ4n) is 3.71. The third-order valence-corrected chi connectivity index (χ3v) is 5.38. The number of rotatable bonds is 3. The van der Waals surface area contributed by atoms with Crippen LogP contribution in [-0.2, 0) is 19.4 Å². The minimum atomic E-state index is -0.928. The smallest absolute Gasteiger partial charge is 0.346 e. The first-order valence-electron chi connectivity index (χ1n) is 8.50. The summed E-state index contributed by atoms with van der Waals surface area (Å²) >= 11 is 0. The quantitative estimate of drug-likeness (QED) is 0.610. The van der Waals surface area contributed by atoms with Crippen molar-refractivity contribution in [3.8, 4) is 0 Å². The van der Waals surface area contributed by atoms with Gasteiger partial charge >= 0.3 is 11.9 Å². The summed E-state index contributed by atoms with van der Waals surface area (Å²) in [7, 11) is 2.23. The van der Waals surface area contributed by atoms with E-state index in [4.69, 9.17) is 10.2 Å². The maximum Gasteiger partial charge on any atom is 0.346 e. The van der Waals surface area contributed by atoms with E-state index < -0.39 is 23.8 Å². The predicted octanol–water partition coefficient (Wildman–Crippen LogP) is 2.93. The Morgan fingerprint density at radius 3 is 1.70 bits per heavy atom. The molecule has 3 aliphatic rings. The predicted molar refractivity (Wildman–Crippen MR) is 84.5 cm³/mol. The summed E-state index contributed by atoms with van der Waals surface area (Å²) in [6, 6.07) is 0. The number of carbonyl (C=O) groups is 2. The van der Waals surface area contributed by atoms with Gasteiger partial charge in [-0.2, -0.15) is 4.89 Å². The number of carbonyl (C=O) groups excluding carboxylic acids is 1. The van der Waals surface area contributed by atoms with Crippen molar-refractivity contribution < 1.29 is 29.6 Å². The van der Waals surface area contributed by atoms with Crippen molar-refractivity contribution in [1.29, 1.82) is 0 Å². The van der Waals surface area contributed by atoms with Crippen LogP contribution >= 0.6 is 0 Å². The van der Waals surface area contributed by atoms with E-state index in [2.05, 4.69) is 9.78 Å². The van der Waals surface area contributed by atoms with Crippen LogP contribution < -0.4 is 0 Å². The Bertz CT molecular complexity index is 358. The summed E-state index contributed by atoms with van der Waals surface area (Å²) in [5.41, 5.74) is 0.944. The van der Waals surface area contributed by atoms with Gasteiger partial charge in [-0.1, -0.05) is 25.7 Å². The zero-order valence-electron chi connectivity index (χ0n) is 14.3. The number of aliphatic hydroxyl groups is 1. The van der Waals surface area contributed by atoms with Crippen molar-refractivity contribution in [3.05, 3.63) is 0 Å². The van der Waals surface area contributed by atoms with Crippen LogP contribution in [0.3, 0.4) is 0 Å². The number of carboxylic acid groups (broad SMARTS) is 1. The second-order valence-electron chi connectivity index (χ2n) is 6.61. The van der Waals surface area contributed by atoms with Crippen molar-refractivity contribution in [2.24, 2.45) is 17.3 Å². The van der Waals surface area contributed by atoms with Gasteiger partial charge in [-0.05, 0) is 43.9 Å². The van der Waals surface area contributed by atoms with Crippen molar-refractivity contribution in [2.75, 3.05) is 14.2 Å². The van der Waals surface area contributed by atoms with E-state index in [-0.39, 0.29) is 0 Å². The van der Waals surface area contributed by atoms with Crippen LogP contribution in [0, 0.1) is 17.3 Å². The SMILES string of the molecule is C1CC2(C1)CCC2.CO.COOC(=O)[C@@H]1CCCC[C@@H]1C(=O)O. The zero-order chi connectivity index (χ0) is 17.3. The molecular formula is C17H30O6. The highest BCUT2D eigenvalue weighted by Gasteiger charge is 2.41. The number of carboxylic acids is 1. The van der Waals surface area contributed by atoms with E-state index in [0.717, 1.165) is 25.4 Å². The van der Waals surface area contributed by atoms with Gasteiger partial charge in [-0.3, -0.25) is 9.68 Å². The molecule has 3 rings (SSSR count). The molecule has 0 bridgehead atoms. The molecule has 3 fully saturated rings. The van der Waals surface area contributed by atoms with E-state index in [1.54, 1.807) is 25.7 Å². The van der Waals surface area contributed by atoms with E-state index in [1.165, 1.54) is 20.0 Å². The highest BCUT2D eigenvalue weighted by Crippen LogP contribution is 2.55. The Labute approximate surface area is 138 Å². The standard InChI is InChI=1S/C9H14O5.C7H12.CH4O/c1-13-14-9(12)7-5-3-2-4-6(7)8(10)11;1-3-7(4-1)5-2-6-7;1-2/h6-7H,2-5H2,1H3,(H,10,11);1-6H2;2H,1H3/t6-,7+;;/m0../s1. The molecule has 2 atom stereocenters. The molecule has 23 heavy (non-hydrogen) atoms. The minimum absolute atomic E-state index is 0.540. The Morgan fingerprint density at radius 1 is 0.913 bits per heavy atom. The lowest BCUT2D eigenvalue weighted by molar-refractivity contribution is -0.261. The third-order valence-electron chi connectivity index (χ3n) is 5.38. The molecule has 0 radical (unpaired) electrons. The maximum atomic E-state index is 11.3. The lowest BCUT2D eigenvalue weighted by Crippen LogP contribution is -2.35. The lowest BCUT2D eigenvalue weighted by Gasteiger charge is -2.49. The highest BCUT2D eigenvalue weighted by molar-refractivity contribution is 5.81. The van der Waals surface area contributed by atoms with Crippen LogP contribution in [0.25, 0.3) is 0 Å². The van der Waals surface area contributed by atoms with Crippen LogP contribution in [0.2, 0.25) is 0 Å². The molecule has 3 saturated carbocycles. The van der Waals surface area contributed by atoms with Gasteiger partial charge < -0.3 is 10.2 Å². The molecule has 0 heterocycles. The van der Waals surface area contributed by atoms with Crippen molar-refractivity contribution in [1.82, 2.24) is 0 Å². The van der Waals surface area contributed by atoms with Crippen LogP contribution in [0.1, 0.15) is 64.2 Å². The fraction of sp³-hybridized carbons (Fsp3) is 0.882. The molecule has 6 heteroatoms. The molecule has 0 aromatic rings. The zero-order valence-corrected chi connectivity index (χ0v) is 14.3. The Kier molecular flexibility index (Phi) is 8.55. The third kappa shape index (κ3) is 5.46. The molecule has 0 aromatic carbocycles. The van der Waals surface area contributed by atoms with Crippen molar-refractivity contribution in [2.45, 2.75) is 64.2 Å². The largest absolute Gasteiger partial charge is 0.481 e. The maximum absolute atomic E-state index is 11.3. The number of hydrogen-bond donors (Lipinski definition) is 2. The molecule has 1 spiro atoms. The summed E-state index contributed by atoms with van der Waals surface area (Å²) in [6.07, 6.45) is 12.1. The number of hydrogen-bond acceptors (Lipinski definition) is 5. The molecule has 134 valence electrons. The average Bonchev–Trinajstić information content (AvgIpc) is 2.47. The second kappa shape index (κ2) is 9.88. The first-order valence-corrected chi connectivity index (χ1v) is 8.50. The highest BCUT2D eigenvalue weighted by atomic mass is 17.2. The van der Waals surface area contributed by atoms with E-state index in [9.17, 15) is 9.59 Å². The lowest BCUT2D eigenvalue weighted by atomic mass is 9.56. The minimum Gasteiger partial charge on any atom is -0.481 e. The Morgan fingerprint density at radius 2 is 1.39 bits per heavy atom. The molecule has 0 saturated heterocycles. The fourth-order valence-corrected chi connectivity index (χ4v) is 3.71. The van der Waals surface area contributed by atoms with Gasteiger partial charge in [0.2, 0.25) is 0 Å². The first-order chi connectivity index (χ1) is 11.1. The van der Waals surface area contributed by atoms with Crippen LogP contribution in [0.5, 0.6) is 0 Å².